The van der Waals surface area contributed by atoms with E-state index in [-0.39, 0.29) is 5.91 Å². The van der Waals surface area contributed by atoms with Crippen molar-refractivity contribution in [3.8, 4) is 0 Å². The summed E-state index contributed by atoms with van der Waals surface area (Å²) < 4.78 is 7.60. The number of furan rings is 1. The third-order valence-corrected chi connectivity index (χ3v) is 6.13. The molecule has 152 valence electrons. The molecule has 0 bridgehead atoms. The minimum Gasteiger partial charge on any atom is -0.467 e. The summed E-state index contributed by atoms with van der Waals surface area (Å²) in [6.45, 7) is 3.35. The standard InChI is InChI=1S/C22H26N4O2S/c1-3-16-6-8-17(9-7-16)13-25(2)20(27)15-29-22-24-23-21(18-10-11-18)26(22)14-19-5-4-12-28-19/h4-9,12,18H,3,10-11,13-15H2,1-2H3. The number of nitrogens with zero attached hydrogens (tertiary/aromatic N) is 4. The molecule has 29 heavy (non-hydrogen) atoms. The van der Waals surface area contributed by atoms with Crippen molar-refractivity contribution >= 4 is 17.7 Å². The van der Waals surface area contributed by atoms with E-state index >= 15 is 0 Å². The molecule has 1 aliphatic rings. The molecule has 2 aromatic heterocycles. The van der Waals surface area contributed by atoms with E-state index in [2.05, 4.69) is 46.0 Å². The average molecular weight is 411 g/mol. The molecule has 1 amide bonds. The predicted octanol–water partition coefficient (Wildman–Crippen LogP) is 4.11. The second-order valence-corrected chi connectivity index (χ2v) is 8.43. The van der Waals surface area contributed by atoms with E-state index in [0.29, 0.717) is 24.8 Å². The van der Waals surface area contributed by atoms with Crippen molar-refractivity contribution in [2.75, 3.05) is 12.8 Å². The van der Waals surface area contributed by atoms with Gasteiger partial charge in [0.15, 0.2) is 5.16 Å². The van der Waals surface area contributed by atoms with Crippen LogP contribution in [0.25, 0.3) is 0 Å². The Kier molecular flexibility index (Phi) is 6.04. The summed E-state index contributed by atoms with van der Waals surface area (Å²) in [5, 5.41) is 9.52. The van der Waals surface area contributed by atoms with Crippen LogP contribution in [-0.4, -0.2) is 38.4 Å². The zero-order chi connectivity index (χ0) is 20.2. The van der Waals surface area contributed by atoms with E-state index in [9.17, 15) is 4.79 Å². The van der Waals surface area contributed by atoms with Gasteiger partial charge in [-0.2, -0.15) is 0 Å². The van der Waals surface area contributed by atoms with Gasteiger partial charge in [0.2, 0.25) is 5.91 Å². The molecular weight excluding hydrogens is 384 g/mol. The topological polar surface area (TPSA) is 64.2 Å². The highest BCUT2D eigenvalue weighted by molar-refractivity contribution is 7.99. The van der Waals surface area contributed by atoms with Crippen molar-refractivity contribution in [1.29, 1.82) is 0 Å². The molecule has 3 aromatic rings. The maximum absolute atomic E-state index is 12.7. The molecular formula is C22H26N4O2S. The van der Waals surface area contributed by atoms with Crippen LogP contribution in [-0.2, 0) is 24.3 Å². The molecule has 6 nitrogen and oxygen atoms in total. The number of hydrogen-bond acceptors (Lipinski definition) is 5. The van der Waals surface area contributed by atoms with Crippen LogP contribution in [0.3, 0.4) is 0 Å². The van der Waals surface area contributed by atoms with E-state index < -0.39 is 0 Å². The van der Waals surface area contributed by atoms with Crippen LogP contribution in [0.15, 0.2) is 52.2 Å². The minimum absolute atomic E-state index is 0.0788. The molecule has 0 spiro atoms. The fourth-order valence-electron chi connectivity index (χ4n) is 3.24. The highest BCUT2D eigenvalue weighted by atomic mass is 32.2. The van der Waals surface area contributed by atoms with Gasteiger partial charge in [-0.1, -0.05) is 43.0 Å². The van der Waals surface area contributed by atoms with Gasteiger partial charge >= 0.3 is 0 Å². The Labute approximate surface area is 175 Å². The number of benzene rings is 1. The Morgan fingerprint density at radius 1 is 1.21 bits per heavy atom. The van der Waals surface area contributed by atoms with Gasteiger partial charge in [0.25, 0.3) is 0 Å². The number of rotatable bonds is 9. The SMILES string of the molecule is CCc1ccc(CN(C)C(=O)CSc2nnc(C3CC3)n2Cc2ccco2)cc1. The van der Waals surface area contributed by atoms with E-state index in [1.54, 1.807) is 11.2 Å². The number of thioether (sulfide) groups is 1. The maximum atomic E-state index is 12.7. The molecule has 1 saturated carbocycles. The van der Waals surface area contributed by atoms with Crippen molar-refractivity contribution in [3.63, 3.8) is 0 Å². The summed E-state index contributed by atoms with van der Waals surface area (Å²) in [6.07, 6.45) is 5.00. The highest BCUT2D eigenvalue weighted by Gasteiger charge is 2.31. The molecule has 7 heteroatoms. The Balaban J connectivity index is 1.38. The number of aryl methyl sites for hydroxylation is 1. The molecule has 1 fully saturated rings. The molecule has 4 rings (SSSR count). The molecule has 0 unspecified atom stereocenters. The van der Waals surface area contributed by atoms with E-state index in [4.69, 9.17) is 4.42 Å². The van der Waals surface area contributed by atoms with Crippen molar-refractivity contribution < 1.29 is 9.21 Å². The lowest BCUT2D eigenvalue weighted by atomic mass is 10.1. The largest absolute Gasteiger partial charge is 0.467 e. The number of aromatic nitrogens is 3. The molecule has 0 radical (unpaired) electrons. The first-order chi connectivity index (χ1) is 14.1. The number of hydrogen-bond donors (Lipinski definition) is 0. The van der Waals surface area contributed by atoms with E-state index in [0.717, 1.165) is 41.6 Å². The van der Waals surface area contributed by atoms with Gasteiger partial charge < -0.3 is 9.32 Å². The lowest BCUT2D eigenvalue weighted by Crippen LogP contribution is -2.28. The van der Waals surface area contributed by atoms with Gasteiger partial charge in [-0.05, 0) is 42.5 Å². The van der Waals surface area contributed by atoms with Crippen molar-refractivity contribution in [2.45, 2.75) is 50.4 Å². The van der Waals surface area contributed by atoms with Gasteiger partial charge in [0.1, 0.15) is 11.6 Å². The van der Waals surface area contributed by atoms with Crippen molar-refractivity contribution in [2.24, 2.45) is 0 Å². The van der Waals surface area contributed by atoms with Crippen LogP contribution in [0.2, 0.25) is 0 Å². The Bertz CT molecular complexity index is 946. The Hall–Kier alpha value is -2.54. The lowest BCUT2D eigenvalue weighted by molar-refractivity contribution is -0.127. The molecule has 0 saturated heterocycles. The molecule has 1 aliphatic carbocycles. The second-order valence-electron chi connectivity index (χ2n) is 7.49. The lowest BCUT2D eigenvalue weighted by Gasteiger charge is -2.17. The zero-order valence-corrected chi connectivity index (χ0v) is 17.7. The van der Waals surface area contributed by atoms with Gasteiger partial charge in [0, 0.05) is 19.5 Å². The van der Waals surface area contributed by atoms with Gasteiger partial charge in [-0.3, -0.25) is 9.36 Å². The summed E-state index contributed by atoms with van der Waals surface area (Å²) in [5.41, 5.74) is 2.45. The van der Waals surface area contributed by atoms with Crippen LogP contribution in [0.5, 0.6) is 0 Å². The van der Waals surface area contributed by atoms with Gasteiger partial charge in [-0.25, -0.2) is 0 Å². The molecule has 0 N–H and O–H groups in total. The third-order valence-electron chi connectivity index (χ3n) is 5.18. The minimum atomic E-state index is 0.0788. The quantitative estimate of drug-likeness (QED) is 0.497. The monoisotopic (exact) mass is 410 g/mol. The van der Waals surface area contributed by atoms with Gasteiger partial charge in [0.05, 0.1) is 18.6 Å². The molecule has 2 heterocycles. The number of amides is 1. The van der Waals surface area contributed by atoms with Crippen LogP contribution in [0.1, 0.15) is 48.4 Å². The summed E-state index contributed by atoms with van der Waals surface area (Å²) in [5.74, 6) is 2.77. The zero-order valence-electron chi connectivity index (χ0n) is 16.9. The fraction of sp³-hybridized carbons (Fsp3) is 0.409. The smallest absolute Gasteiger partial charge is 0.233 e. The van der Waals surface area contributed by atoms with Crippen LogP contribution >= 0.6 is 11.8 Å². The Morgan fingerprint density at radius 3 is 2.62 bits per heavy atom. The highest BCUT2D eigenvalue weighted by Crippen LogP contribution is 2.40. The summed E-state index contributed by atoms with van der Waals surface area (Å²) in [7, 11) is 1.85. The van der Waals surface area contributed by atoms with Crippen LogP contribution in [0.4, 0.5) is 0 Å². The average Bonchev–Trinajstić information content (AvgIpc) is 3.30. The second kappa shape index (κ2) is 8.86. The van der Waals surface area contributed by atoms with Crippen molar-refractivity contribution in [3.05, 3.63) is 65.4 Å². The summed E-state index contributed by atoms with van der Waals surface area (Å²) in [4.78, 5) is 14.4. The first-order valence-electron chi connectivity index (χ1n) is 10.0. The third kappa shape index (κ3) is 4.90. The predicted molar refractivity (Wildman–Crippen MR) is 113 cm³/mol. The number of carbonyl (C=O) groups is 1. The first kappa shape index (κ1) is 19.8. The maximum Gasteiger partial charge on any atom is 0.233 e. The fourth-order valence-corrected chi connectivity index (χ4v) is 4.12. The first-order valence-corrected chi connectivity index (χ1v) is 11.0. The van der Waals surface area contributed by atoms with Gasteiger partial charge in [-0.15, -0.1) is 10.2 Å². The molecule has 0 atom stereocenters. The van der Waals surface area contributed by atoms with E-state index in [1.807, 2.05) is 19.2 Å². The van der Waals surface area contributed by atoms with Crippen LogP contribution < -0.4 is 0 Å². The molecule has 1 aromatic carbocycles. The summed E-state index contributed by atoms with van der Waals surface area (Å²) in [6, 6.07) is 12.3. The normalized spacial score (nSPS) is 13.6. The summed E-state index contributed by atoms with van der Waals surface area (Å²) >= 11 is 1.44. The van der Waals surface area contributed by atoms with E-state index in [1.165, 1.54) is 17.3 Å². The van der Waals surface area contributed by atoms with Crippen LogP contribution in [0, 0.1) is 0 Å². The Morgan fingerprint density at radius 2 is 1.97 bits per heavy atom. The van der Waals surface area contributed by atoms with Crippen molar-refractivity contribution in [1.82, 2.24) is 19.7 Å². The molecule has 0 aliphatic heterocycles. The number of carbonyl (C=O) groups excluding carboxylic acids is 1.